The van der Waals surface area contributed by atoms with Crippen LogP contribution in [-0.4, -0.2) is 20.5 Å². The van der Waals surface area contributed by atoms with Crippen LogP contribution in [0.5, 0.6) is 0 Å². The lowest BCUT2D eigenvalue weighted by molar-refractivity contribution is 0.448. The lowest BCUT2D eigenvalue weighted by Gasteiger charge is -2.39. The zero-order valence-corrected chi connectivity index (χ0v) is 21.0. The van der Waals surface area contributed by atoms with E-state index in [4.69, 9.17) is 44.9 Å². The third kappa shape index (κ3) is 3.71. The average molecular weight is 498 g/mol. The third-order valence-corrected chi connectivity index (χ3v) is 7.07. The molecule has 1 unspecified atom stereocenters. The Balaban J connectivity index is 1.76. The highest BCUT2D eigenvalue weighted by Gasteiger charge is 2.40. The summed E-state index contributed by atoms with van der Waals surface area (Å²) in [5, 5.41) is 6.06. The molecule has 33 heavy (non-hydrogen) atoms. The Morgan fingerprint density at radius 3 is 2.21 bits per heavy atom. The fourth-order valence-corrected chi connectivity index (χ4v) is 5.05. The Kier molecular flexibility index (Phi) is 5.43. The highest BCUT2D eigenvalue weighted by atomic mass is 35.5. The van der Waals surface area contributed by atoms with E-state index in [1.54, 1.807) is 6.08 Å². The van der Waals surface area contributed by atoms with Gasteiger partial charge in [0.15, 0.2) is 11.7 Å². The second-order valence-electron chi connectivity index (χ2n) is 9.28. The first-order chi connectivity index (χ1) is 15.7. The molecule has 0 fully saturated rings. The van der Waals surface area contributed by atoms with E-state index in [1.165, 1.54) is 5.56 Å². The number of aliphatic imine (C=N–C) groups is 1. The molecule has 0 bridgehead atoms. The molecule has 0 spiro atoms. The maximum Gasteiger partial charge on any atom is 0.164 e. The fourth-order valence-electron chi connectivity index (χ4n) is 4.32. The van der Waals surface area contributed by atoms with E-state index in [9.17, 15) is 0 Å². The smallest absolute Gasteiger partial charge is 0.164 e. The Labute approximate surface area is 208 Å². The summed E-state index contributed by atoms with van der Waals surface area (Å²) >= 11 is 19.9. The fraction of sp³-hybridized carbons (Fsp3) is 0.231. The molecule has 0 N–H and O–H groups in total. The number of amidine groups is 1. The van der Waals surface area contributed by atoms with Crippen LogP contribution < -0.4 is 0 Å². The highest BCUT2D eigenvalue weighted by molar-refractivity contribution is 6.49. The minimum atomic E-state index is -0.275. The largest absolute Gasteiger partial charge is 0.302 e. The van der Waals surface area contributed by atoms with E-state index in [1.807, 2.05) is 46.8 Å². The molecule has 168 valence electrons. The molecule has 5 rings (SSSR count). The maximum atomic E-state index is 6.76. The molecule has 0 saturated heterocycles. The highest BCUT2D eigenvalue weighted by Crippen LogP contribution is 2.48. The summed E-state index contributed by atoms with van der Waals surface area (Å²) in [5.41, 5.74) is 5.13. The Bertz CT molecular complexity index is 1330. The van der Waals surface area contributed by atoms with Crippen LogP contribution in [-0.2, 0) is 5.41 Å². The number of para-hydroxylation sites is 1. The molecule has 7 heteroatoms. The predicted octanol–water partition coefficient (Wildman–Crippen LogP) is 7.70. The van der Waals surface area contributed by atoms with Crippen molar-refractivity contribution in [3.05, 3.63) is 98.3 Å². The molecule has 2 aliphatic heterocycles. The van der Waals surface area contributed by atoms with Gasteiger partial charge in [-0.2, -0.15) is 5.10 Å². The lowest BCUT2D eigenvalue weighted by Crippen LogP contribution is -2.38. The van der Waals surface area contributed by atoms with Crippen LogP contribution >= 0.6 is 34.8 Å². The maximum absolute atomic E-state index is 6.76. The lowest BCUT2D eigenvalue weighted by atomic mass is 9.85. The number of aromatic nitrogens is 2. The number of hydrogen-bond donors (Lipinski definition) is 0. The van der Waals surface area contributed by atoms with Crippen molar-refractivity contribution < 1.29 is 0 Å². The van der Waals surface area contributed by atoms with E-state index in [-0.39, 0.29) is 11.5 Å². The van der Waals surface area contributed by atoms with E-state index in [0.29, 0.717) is 21.1 Å². The van der Waals surface area contributed by atoms with E-state index < -0.39 is 0 Å². The summed E-state index contributed by atoms with van der Waals surface area (Å²) < 4.78 is 1.86. The number of rotatable bonds is 2. The van der Waals surface area contributed by atoms with Gasteiger partial charge in [0.2, 0.25) is 0 Å². The summed E-state index contributed by atoms with van der Waals surface area (Å²) in [7, 11) is 0. The zero-order valence-electron chi connectivity index (χ0n) is 18.8. The molecule has 0 amide bonds. The molecular weight excluding hydrogens is 475 g/mol. The van der Waals surface area contributed by atoms with Gasteiger partial charge in [-0.1, -0.05) is 98.0 Å². The molecule has 4 nitrogen and oxygen atoms in total. The van der Waals surface area contributed by atoms with Gasteiger partial charge in [-0.15, -0.1) is 0 Å². The van der Waals surface area contributed by atoms with Crippen molar-refractivity contribution >= 4 is 46.5 Å². The molecule has 3 heterocycles. The number of allylic oxidation sites excluding steroid dienone is 2. The minimum Gasteiger partial charge on any atom is -0.302 e. The minimum absolute atomic E-state index is 0.0506. The van der Waals surface area contributed by atoms with Gasteiger partial charge in [0.25, 0.3) is 0 Å². The molecule has 0 saturated carbocycles. The summed E-state index contributed by atoms with van der Waals surface area (Å²) in [6.07, 6.45) is 1.64. The first-order valence-corrected chi connectivity index (χ1v) is 11.9. The van der Waals surface area contributed by atoms with Crippen LogP contribution in [0.2, 0.25) is 0 Å². The quantitative estimate of drug-likeness (QED) is 0.340. The molecule has 2 aliphatic rings. The predicted molar refractivity (Wildman–Crippen MR) is 137 cm³/mol. The Morgan fingerprint density at radius 1 is 0.909 bits per heavy atom. The number of hydrogen-bond acceptors (Lipinski definition) is 3. The van der Waals surface area contributed by atoms with Crippen LogP contribution in [0.4, 0.5) is 5.82 Å². The normalized spacial score (nSPS) is 18.0. The molecule has 3 aromatic rings. The topological polar surface area (TPSA) is 33.4 Å². The van der Waals surface area contributed by atoms with Gasteiger partial charge in [0.1, 0.15) is 5.16 Å². The summed E-state index contributed by atoms with van der Waals surface area (Å²) in [6.45, 7) is 8.60. The second kappa shape index (κ2) is 8.05. The van der Waals surface area contributed by atoms with Gasteiger partial charge in [-0.3, -0.25) is 0 Å². The number of fused-ring (bicyclic) bond motifs is 2. The summed E-state index contributed by atoms with van der Waals surface area (Å²) in [6, 6.07) is 18.3. The van der Waals surface area contributed by atoms with Gasteiger partial charge >= 0.3 is 0 Å². The molecule has 2 aromatic carbocycles. The van der Waals surface area contributed by atoms with Crippen molar-refractivity contribution in [1.82, 2.24) is 14.7 Å². The van der Waals surface area contributed by atoms with E-state index in [2.05, 4.69) is 45.0 Å². The molecule has 0 aliphatic carbocycles. The Morgan fingerprint density at radius 2 is 1.58 bits per heavy atom. The van der Waals surface area contributed by atoms with Gasteiger partial charge in [0.05, 0.1) is 27.5 Å². The van der Waals surface area contributed by atoms with Crippen LogP contribution in [0.3, 0.4) is 0 Å². The third-order valence-electron chi connectivity index (χ3n) is 6.02. The van der Waals surface area contributed by atoms with Crippen LogP contribution in [0, 0.1) is 6.92 Å². The van der Waals surface area contributed by atoms with Crippen molar-refractivity contribution in [1.29, 1.82) is 0 Å². The summed E-state index contributed by atoms with van der Waals surface area (Å²) in [5.74, 6) is 1.30. The number of halogens is 3. The van der Waals surface area contributed by atoms with Gasteiger partial charge in [-0.25, -0.2) is 9.67 Å². The number of nitrogens with zero attached hydrogens (tertiary/aromatic N) is 4. The standard InChI is InChI=1S/C26H23Cl3N4/c1-15-21-22(16-10-12-17(13-11-16)26(2,3)4)32-23(29)19(27)14-20(28)24(32)30-25(21)33(31-15)18-8-6-5-7-9-18/h5-14,22H,1-4H3. The van der Waals surface area contributed by atoms with E-state index in [0.717, 1.165) is 28.3 Å². The number of benzene rings is 2. The molecule has 1 atom stereocenters. The van der Waals surface area contributed by atoms with Crippen LogP contribution in [0.25, 0.3) is 5.69 Å². The van der Waals surface area contributed by atoms with Gasteiger partial charge in [-0.05, 0) is 41.7 Å². The van der Waals surface area contributed by atoms with Crippen molar-refractivity contribution in [2.45, 2.75) is 39.2 Å². The van der Waals surface area contributed by atoms with Crippen LogP contribution in [0.15, 0.2) is 80.9 Å². The second-order valence-corrected chi connectivity index (χ2v) is 10.5. The van der Waals surface area contributed by atoms with Crippen molar-refractivity contribution in [2.24, 2.45) is 4.99 Å². The Hall–Kier alpha value is -2.53. The van der Waals surface area contributed by atoms with Gasteiger partial charge < -0.3 is 4.90 Å². The van der Waals surface area contributed by atoms with Crippen molar-refractivity contribution in [2.75, 3.05) is 0 Å². The van der Waals surface area contributed by atoms with Crippen molar-refractivity contribution in [3.8, 4) is 5.69 Å². The van der Waals surface area contributed by atoms with Crippen molar-refractivity contribution in [3.63, 3.8) is 0 Å². The van der Waals surface area contributed by atoms with Crippen LogP contribution in [0.1, 0.15) is 49.2 Å². The SMILES string of the molecule is Cc1nn(-c2ccccc2)c2c1C(c1ccc(C(C)(C)C)cc1)N1C(=N2)C(Cl)=CC(Cl)=C1Cl. The first-order valence-electron chi connectivity index (χ1n) is 10.7. The summed E-state index contributed by atoms with van der Waals surface area (Å²) in [4.78, 5) is 6.84. The van der Waals surface area contributed by atoms with Gasteiger partial charge in [0, 0.05) is 5.56 Å². The zero-order chi connectivity index (χ0) is 23.5. The van der Waals surface area contributed by atoms with E-state index >= 15 is 0 Å². The molecular formula is C26H23Cl3N4. The monoisotopic (exact) mass is 496 g/mol. The molecule has 0 radical (unpaired) electrons. The average Bonchev–Trinajstić information content (AvgIpc) is 3.12. The molecule has 1 aromatic heterocycles. The number of aryl methyl sites for hydroxylation is 1. The first kappa shape index (κ1) is 22.3.